The maximum atomic E-state index is 5.87. The summed E-state index contributed by atoms with van der Waals surface area (Å²) in [7, 11) is 0. The van der Waals surface area contributed by atoms with Crippen LogP contribution < -0.4 is 5.73 Å². The summed E-state index contributed by atoms with van der Waals surface area (Å²) in [6.07, 6.45) is 5.98. The molecule has 2 N–H and O–H groups in total. The Morgan fingerprint density at radius 2 is 2.28 bits per heavy atom. The summed E-state index contributed by atoms with van der Waals surface area (Å²) in [5.41, 5.74) is 8.16. The molecule has 96 valence electrons. The fourth-order valence-corrected chi connectivity index (χ4v) is 2.57. The summed E-state index contributed by atoms with van der Waals surface area (Å²) in [5, 5.41) is 0. The Labute approximate surface area is 116 Å². The molecule has 2 aromatic rings. The molecule has 1 aromatic heterocycles. The third kappa shape index (κ3) is 2.82. The number of benzene rings is 1. The van der Waals surface area contributed by atoms with Gasteiger partial charge in [-0.3, -0.25) is 0 Å². The number of nitrogens with two attached hydrogens (primary N) is 1. The number of imidazole rings is 1. The molecule has 0 aliphatic carbocycles. The van der Waals surface area contributed by atoms with Gasteiger partial charge in [-0.05, 0) is 18.6 Å². The van der Waals surface area contributed by atoms with Crippen molar-refractivity contribution in [2.75, 3.05) is 6.54 Å². The Balaban J connectivity index is 2.38. The standard InChI is InChI=1S/C14H18BrN3/c1-2-4-13(8-16)18-10-17-9-14(18)11-5-3-6-12(15)7-11/h3,5-7,9-10,13H,2,4,8,16H2,1H3. The highest BCUT2D eigenvalue weighted by atomic mass is 79.9. The Kier molecular flexibility index (Phi) is 4.55. The number of hydrogen-bond acceptors (Lipinski definition) is 2. The van der Waals surface area contributed by atoms with E-state index >= 15 is 0 Å². The van der Waals surface area contributed by atoms with E-state index in [1.54, 1.807) is 0 Å². The Morgan fingerprint density at radius 1 is 1.44 bits per heavy atom. The minimum Gasteiger partial charge on any atom is -0.328 e. The fraction of sp³-hybridized carbons (Fsp3) is 0.357. The fourth-order valence-electron chi connectivity index (χ4n) is 2.17. The summed E-state index contributed by atoms with van der Waals surface area (Å²) in [6, 6.07) is 8.58. The lowest BCUT2D eigenvalue weighted by molar-refractivity contribution is 0.473. The van der Waals surface area contributed by atoms with Crippen molar-refractivity contribution in [1.82, 2.24) is 9.55 Å². The van der Waals surface area contributed by atoms with Gasteiger partial charge >= 0.3 is 0 Å². The van der Waals surface area contributed by atoms with E-state index < -0.39 is 0 Å². The van der Waals surface area contributed by atoms with Gasteiger partial charge in [0, 0.05) is 22.6 Å². The lowest BCUT2D eigenvalue weighted by atomic mass is 10.1. The maximum Gasteiger partial charge on any atom is 0.0954 e. The van der Waals surface area contributed by atoms with Crippen LogP contribution in [0.2, 0.25) is 0 Å². The predicted octanol–water partition coefficient (Wildman–Crippen LogP) is 3.61. The van der Waals surface area contributed by atoms with E-state index in [9.17, 15) is 0 Å². The molecule has 1 unspecified atom stereocenters. The Bertz CT molecular complexity index is 507. The average Bonchev–Trinajstić information content (AvgIpc) is 2.85. The second kappa shape index (κ2) is 6.16. The van der Waals surface area contributed by atoms with Gasteiger partial charge in [-0.1, -0.05) is 41.4 Å². The molecule has 2 rings (SSSR count). The van der Waals surface area contributed by atoms with Crippen LogP contribution in [-0.4, -0.2) is 16.1 Å². The quantitative estimate of drug-likeness (QED) is 0.917. The molecule has 3 nitrogen and oxygen atoms in total. The van der Waals surface area contributed by atoms with Crippen molar-refractivity contribution in [3.05, 3.63) is 41.3 Å². The summed E-state index contributed by atoms with van der Waals surface area (Å²) in [6.45, 7) is 2.82. The molecule has 0 saturated heterocycles. The van der Waals surface area contributed by atoms with E-state index in [4.69, 9.17) is 5.73 Å². The van der Waals surface area contributed by atoms with Gasteiger partial charge in [0.05, 0.1) is 18.2 Å². The van der Waals surface area contributed by atoms with Crippen molar-refractivity contribution >= 4 is 15.9 Å². The zero-order valence-corrected chi connectivity index (χ0v) is 12.1. The lowest BCUT2D eigenvalue weighted by Gasteiger charge is -2.18. The zero-order chi connectivity index (χ0) is 13.0. The number of nitrogens with zero attached hydrogens (tertiary/aromatic N) is 2. The van der Waals surface area contributed by atoms with E-state index in [0.29, 0.717) is 12.6 Å². The molecule has 0 amide bonds. The average molecular weight is 308 g/mol. The second-order valence-electron chi connectivity index (χ2n) is 4.37. The molecule has 1 heterocycles. The van der Waals surface area contributed by atoms with Gasteiger partial charge in [-0.2, -0.15) is 0 Å². The lowest BCUT2D eigenvalue weighted by Crippen LogP contribution is -2.19. The van der Waals surface area contributed by atoms with Crippen LogP contribution in [-0.2, 0) is 0 Å². The predicted molar refractivity (Wildman–Crippen MR) is 78.4 cm³/mol. The van der Waals surface area contributed by atoms with E-state index in [1.165, 1.54) is 0 Å². The van der Waals surface area contributed by atoms with E-state index in [1.807, 2.05) is 24.7 Å². The van der Waals surface area contributed by atoms with Crippen LogP contribution in [0, 0.1) is 0 Å². The Hall–Kier alpha value is -1.13. The highest BCUT2D eigenvalue weighted by molar-refractivity contribution is 9.10. The highest BCUT2D eigenvalue weighted by Gasteiger charge is 2.13. The first kappa shape index (κ1) is 13.3. The van der Waals surface area contributed by atoms with Crippen LogP contribution in [0.25, 0.3) is 11.3 Å². The van der Waals surface area contributed by atoms with Crippen molar-refractivity contribution in [3.63, 3.8) is 0 Å². The van der Waals surface area contributed by atoms with Crippen LogP contribution in [0.5, 0.6) is 0 Å². The number of aromatic nitrogens is 2. The molecule has 1 atom stereocenters. The summed E-state index contributed by atoms with van der Waals surface area (Å²) in [4.78, 5) is 4.27. The number of halogens is 1. The van der Waals surface area contributed by atoms with Crippen molar-refractivity contribution in [2.45, 2.75) is 25.8 Å². The van der Waals surface area contributed by atoms with Crippen LogP contribution in [0.4, 0.5) is 0 Å². The topological polar surface area (TPSA) is 43.8 Å². The smallest absolute Gasteiger partial charge is 0.0954 e. The summed E-state index contributed by atoms with van der Waals surface area (Å²) < 4.78 is 3.26. The maximum absolute atomic E-state index is 5.87. The third-order valence-electron chi connectivity index (χ3n) is 3.07. The number of rotatable bonds is 5. The van der Waals surface area contributed by atoms with Crippen molar-refractivity contribution in [2.24, 2.45) is 5.73 Å². The van der Waals surface area contributed by atoms with E-state index in [2.05, 4.69) is 44.5 Å². The third-order valence-corrected chi connectivity index (χ3v) is 3.57. The second-order valence-corrected chi connectivity index (χ2v) is 5.29. The molecular weight excluding hydrogens is 290 g/mol. The van der Waals surface area contributed by atoms with Gasteiger partial charge in [-0.25, -0.2) is 4.98 Å². The monoisotopic (exact) mass is 307 g/mol. The molecule has 0 fully saturated rings. The molecular formula is C14H18BrN3. The van der Waals surface area contributed by atoms with Crippen molar-refractivity contribution in [3.8, 4) is 11.3 Å². The van der Waals surface area contributed by atoms with Gasteiger partial charge in [-0.15, -0.1) is 0 Å². The first-order valence-electron chi connectivity index (χ1n) is 6.24. The molecule has 0 aliphatic heterocycles. The van der Waals surface area contributed by atoms with Crippen molar-refractivity contribution in [1.29, 1.82) is 0 Å². The van der Waals surface area contributed by atoms with Crippen LogP contribution in [0.1, 0.15) is 25.8 Å². The first-order valence-corrected chi connectivity index (χ1v) is 7.03. The summed E-state index contributed by atoms with van der Waals surface area (Å²) in [5.74, 6) is 0. The molecule has 0 radical (unpaired) electrons. The first-order chi connectivity index (χ1) is 8.76. The molecule has 4 heteroatoms. The zero-order valence-electron chi connectivity index (χ0n) is 10.5. The molecule has 0 spiro atoms. The highest BCUT2D eigenvalue weighted by Crippen LogP contribution is 2.26. The van der Waals surface area contributed by atoms with Gasteiger partial charge in [0.25, 0.3) is 0 Å². The minimum atomic E-state index is 0.325. The molecule has 0 aliphatic rings. The van der Waals surface area contributed by atoms with Gasteiger partial charge < -0.3 is 10.3 Å². The largest absolute Gasteiger partial charge is 0.328 e. The van der Waals surface area contributed by atoms with E-state index in [-0.39, 0.29) is 0 Å². The molecule has 0 bridgehead atoms. The Morgan fingerprint density at radius 3 is 2.94 bits per heavy atom. The van der Waals surface area contributed by atoms with Crippen LogP contribution in [0.15, 0.2) is 41.3 Å². The van der Waals surface area contributed by atoms with Crippen LogP contribution in [0.3, 0.4) is 0 Å². The minimum absolute atomic E-state index is 0.325. The van der Waals surface area contributed by atoms with Crippen LogP contribution >= 0.6 is 15.9 Å². The van der Waals surface area contributed by atoms with Gasteiger partial charge in [0.1, 0.15) is 0 Å². The molecule has 18 heavy (non-hydrogen) atoms. The van der Waals surface area contributed by atoms with Gasteiger partial charge in [0.15, 0.2) is 0 Å². The van der Waals surface area contributed by atoms with Gasteiger partial charge in [0.2, 0.25) is 0 Å². The summed E-state index contributed by atoms with van der Waals surface area (Å²) >= 11 is 3.50. The SMILES string of the molecule is CCCC(CN)n1cncc1-c1cccc(Br)c1. The van der Waals surface area contributed by atoms with Crippen molar-refractivity contribution < 1.29 is 0 Å². The molecule has 0 saturated carbocycles. The number of hydrogen-bond donors (Lipinski definition) is 1. The molecule has 1 aromatic carbocycles. The van der Waals surface area contributed by atoms with E-state index in [0.717, 1.165) is 28.6 Å². The normalized spacial score (nSPS) is 12.6.